The average Bonchev–Trinajstić information content (AvgIpc) is 3.03. The molecule has 0 saturated carbocycles. The first-order valence-electron chi connectivity index (χ1n) is 5.85. The summed E-state index contributed by atoms with van der Waals surface area (Å²) < 4.78 is 10.4. The highest BCUT2D eigenvalue weighted by Crippen LogP contribution is 2.37. The summed E-state index contributed by atoms with van der Waals surface area (Å²) in [5, 5.41) is 0. The lowest BCUT2D eigenvalue weighted by molar-refractivity contribution is 0.0923. The number of aromatic nitrogens is 2. The van der Waals surface area contributed by atoms with Gasteiger partial charge in [-0.1, -0.05) is 0 Å². The Morgan fingerprint density at radius 1 is 0.950 bits per heavy atom. The van der Waals surface area contributed by atoms with E-state index in [1.807, 2.05) is 0 Å². The fourth-order valence-electron chi connectivity index (χ4n) is 2.21. The van der Waals surface area contributed by atoms with Gasteiger partial charge in [-0.3, -0.25) is 9.59 Å². The second-order valence-corrected chi connectivity index (χ2v) is 4.24. The molecule has 0 saturated heterocycles. The molecule has 3 heterocycles. The van der Waals surface area contributed by atoms with E-state index in [9.17, 15) is 9.59 Å². The van der Waals surface area contributed by atoms with Crippen LogP contribution in [0.15, 0.2) is 30.6 Å². The van der Waals surface area contributed by atoms with E-state index >= 15 is 0 Å². The molecule has 0 radical (unpaired) electrons. The van der Waals surface area contributed by atoms with Gasteiger partial charge < -0.3 is 9.47 Å². The van der Waals surface area contributed by atoms with Crippen molar-refractivity contribution < 1.29 is 19.1 Å². The van der Waals surface area contributed by atoms with Crippen LogP contribution < -0.4 is 14.4 Å². The number of benzene rings is 1. The second kappa shape index (κ2) is 3.77. The maximum atomic E-state index is 12.2. The topological polar surface area (TPSA) is 81.6 Å². The molecule has 2 aliphatic heterocycles. The number of nitrogens with zero attached hydrogens (tertiary/aromatic N) is 3. The van der Waals surface area contributed by atoms with E-state index in [0.29, 0.717) is 17.2 Å². The molecule has 0 bridgehead atoms. The van der Waals surface area contributed by atoms with Crippen molar-refractivity contribution in [2.24, 2.45) is 0 Å². The van der Waals surface area contributed by atoms with Gasteiger partial charge in [0.2, 0.25) is 6.79 Å². The summed E-state index contributed by atoms with van der Waals surface area (Å²) in [6.45, 7) is 0.129. The molecule has 0 atom stereocenters. The molecule has 0 aliphatic carbocycles. The zero-order valence-corrected chi connectivity index (χ0v) is 10.1. The van der Waals surface area contributed by atoms with E-state index in [1.54, 1.807) is 18.2 Å². The molecular formula is C13H7N3O4. The van der Waals surface area contributed by atoms with Crippen molar-refractivity contribution in [1.82, 2.24) is 9.97 Å². The third kappa shape index (κ3) is 1.34. The van der Waals surface area contributed by atoms with Crippen molar-refractivity contribution in [1.29, 1.82) is 0 Å². The van der Waals surface area contributed by atoms with Gasteiger partial charge in [-0.25, -0.2) is 14.9 Å². The molecule has 2 amide bonds. The van der Waals surface area contributed by atoms with Gasteiger partial charge in [0.05, 0.1) is 5.69 Å². The summed E-state index contributed by atoms with van der Waals surface area (Å²) in [7, 11) is 0. The number of carbonyl (C=O) groups is 2. The highest BCUT2D eigenvalue weighted by atomic mass is 16.7. The van der Waals surface area contributed by atoms with E-state index in [4.69, 9.17) is 9.47 Å². The first kappa shape index (κ1) is 10.9. The van der Waals surface area contributed by atoms with Crippen molar-refractivity contribution >= 4 is 17.5 Å². The van der Waals surface area contributed by atoms with Gasteiger partial charge in [0.1, 0.15) is 0 Å². The van der Waals surface area contributed by atoms with Crippen LogP contribution in [0.1, 0.15) is 21.0 Å². The number of amides is 2. The maximum absolute atomic E-state index is 12.2. The molecule has 7 nitrogen and oxygen atoms in total. The summed E-state index contributed by atoms with van der Waals surface area (Å²) in [5.74, 6) is 0.107. The number of fused-ring (bicyclic) bond motifs is 2. The Bertz CT molecular complexity index is 724. The Morgan fingerprint density at radius 3 is 2.30 bits per heavy atom. The van der Waals surface area contributed by atoms with Crippen LogP contribution in [0, 0.1) is 0 Å². The standard InChI is InChI=1S/C13H7N3O4/c17-12-10-11(15-4-3-14-10)13(18)16(12)7-1-2-8-9(5-7)20-6-19-8/h1-5H,6H2. The highest BCUT2D eigenvalue weighted by molar-refractivity contribution is 6.33. The molecule has 4 rings (SSSR count). The number of anilines is 1. The van der Waals surface area contributed by atoms with Crippen LogP contribution in [-0.4, -0.2) is 28.6 Å². The van der Waals surface area contributed by atoms with E-state index in [2.05, 4.69) is 9.97 Å². The summed E-state index contributed by atoms with van der Waals surface area (Å²) in [6, 6.07) is 4.86. The van der Waals surface area contributed by atoms with E-state index < -0.39 is 11.8 Å². The zero-order chi connectivity index (χ0) is 13.7. The Kier molecular flexibility index (Phi) is 2.06. The van der Waals surface area contributed by atoms with Crippen molar-refractivity contribution in [2.45, 2.75) is 0 Å². The van der Waals surface area contributed by atoms with Crippen LogP contribution in [0.4, 0.5) is 5.69 Å². The number of hydrogen-bond acceptors (Lipinski definition) is 6. The van der Waals surface area contributed by atoms with Crippen LogP contribution in [0.5, 0.6) is 11.5 Å². The van der Waals surface area contributed by atoms with Crippen molar-refractivity contribution in [3.63, 3.8) is 0 Å². The van der Waals surface area contributed by atoms with Crippen LogP contribution in [0.2, 0.25) is 0 Å². The molecule has 2 aromatic rings. The molecule has 7 heteroatoms. The fraction of sp³-hybridized carbons (Fsp3) is 0.0769. The van der Waals surface area contributed by atoms with Crippen LogP contribution in [0.25, 0.3) is 0 Å². The fourth-order valence-corrected chi connectivity index (χ4v) is 2.21. The third-order valence-electron chi connectivity index (χ3n) is 3.12. The molecular weight excluding hydrogens is 262 g/mol. The third-order valence-corrected chi connectivity index (χ3v) is 3.12. The summed E-state index contributed by atoms with van der Waals surface area (Å²) in [6.07, 6.45) is 2.76. The van der Waals surface area contributed by atoms with Crippen molar-refractivity contribution in [3.05, 3.63) is 42.0 Å². The van der Waals surface area contributed by atoms with Crippen LogP contribution in [-0.2, 0) is 0 Å². The molecule has 0 N–H and O–H groups in total. The molecule has 1 aromatic carbocycles. The Balaban J connectivity index is 1.81. The van der Waals surface area contributed by atoms with Gasteiger partial charge in [0, 0.05) is 18.5 Å². The van der Waals surface area contributed by atoms with Gasteiger partial charge in [0.15, 0.2) is 22.9 Å². The average molecular weight is 269 g/mol. The second-order valence-electron chi connectivity index (χ2n) is 4.24. The Hall–Kier alpha value is -2.96. The van der Waals surface area contributed by atoms with Gasteiger partial charge in [-0.05, 0) is 12.1 Å². The predicted octanol–water partition coefficient (Wildman–Crippen LogP) is 1.01. The van der Waals surface area contributed by atoms with Crippen molar-refractivity contribution in [2.75, 3.05) is 11.7 Å². The summed E-state index contributed by atoms with van der Waals surface area (Å²) >= 11 is 0. The monoisotopic (exact) mass is 269 g/mol. The summed E-state index contributed by atoms with van der Waals surface area (Å²) in [5.41, 5.74) is 0.536. The normalized spacial score (nSPS) is 15.7. The zero-order valence-electron chi connectivity index (χ0n) is 10.1. The first-order valence-corrected chi connectivity index (χ1v) is 5.85. The summed E-state index contributed by atoms with van der Waals surface area (Å²) in [4.78, 5) is 33.3. The quantitative estimate of drug-likeness (QED) is 0.718. The minimum atomic E-state index is -0.489. The van der Waals surface area contributed by atoms with Crippen molar-refractivity contribution in [3.8, 4) is 11.5 Å². The number of ether oxygens (including phenoxy) is 2. The lowest BCUT2D eigenvalue weighted by Crippen LogP contribution is -2.29. The molecule has 1 aromatic heterocycles. The van der Waals surface area contributed by atoms with Crippen LogP contribution >= 0.6 is 0 Å². The lowest BCUT2D eigenvalue weighted by Gasteiger charge is -2.13. The molecule has 0 fully saturated rings. The van der Waals surface area contributed by atoms with Gasteiger partial charge in [0.25, 0.3) is 11.8 Å². The number of imide groups is 1. The van der Waals surface area contributed by atoms with E-state index in [-0.39, 0.29) is 18.2 Å². The highest BCUT2D eigenvalue weighted by Gasteiger charge is 2.39. The lowest BCUT2D eigenvalue weighted by atomic mass is 10.2. The molecule has 98 valence electrons. The van der Waals surface area contributed by atoms with Gasteiger partial charge >= 0.3 is 0 Å². The smallest absolute Gasteiger partial charge is 0.286 e. The molecule has 2 aliphatic rings. The minimum Gasteiger partial charge on any atom is -0.454 e. The largest absolute Gasteiger partial charge is 0.454 e. The molecule has 20 heavy (non-hydrogen) atoms. The van der Waals surface area contributed by atoms with Crippen LogP contribution in [0.3, 0.4) is 0 Å². The Labute approximate surface area is 112 Å². The number of carbonyl (C=O) groups excluding carboxylic acids is 2. The number of hydrogen-bond donors (Lipinski definition) is 0. The Morgan fingerprint density at radius 2 is 1.60 bits per heavy atom. The number of rotatable bonds is 1. The molecule has 0 unspecified atom stereocenters. The van der Waals surface area contributed by atoms with E-state index in [1.165, 1.54) is 12.4 Å². The SMILES string of the molecule is O=C1c2nccnc2C(=O)N1c1ccc2c(c1)OCO2. The first-order chi connectivity index (χ1) is 9.75. The van der Waals surface area contributed by atoms with Gasteiger partial charge in [-0.15, -0.1) is 0 Å². The minimum absolute atomic E-state index is 0.0650. The maximum Gasteiger partial charge on any atom is 0.286 e. The predicted molar refractivity (Wildman–Crippen MR) is 65.7 cm³/mol. The van der Waals surface area contributed by atoms with E-state index in [0.717, 1.165) is 4.90 Å². The molecule has 0 spiro atoms. The van der Waals surface area contributed by atoms with Gasteiger partial charge in [-0.2, -0.15) is 0 Å².